The molecule has 2 rings (SSSR count). The van der Waals surface area contributed by atoms with Crippen LogP contribution in [0.3, 0.4) is 0 Å². The summed E-state index contributed by atoms with van der Waals surface area (Å²) >= 11 is 0. The van der Waals surface area contributed by atoms with E-state index < -0.39 is 17.4 Å². The van der Waals surface area contributed by atoms with Gasteiger partial charge in [0.1, 0.15) is 5.41 Å². The van der Waals surface area contributed by atoms with E-state index in [1.165, 1.54) is 4.90 Å². The molecule has 0 aromatic heterocycles. The Balaban J connectivity index is 2.09. The van der Waals surface area contributed by atoms with E-state index in [0.29, 0.717) is 19.4 Å². The number of rotatable bonds is 2. The first-order valence-electron chi connectivity index (χ1n) is 5.94. The average Bonchev–Trinajstić information content (AvgIpc) is 2.94. The molecule has 1 aliphatic heterocycles. The zero-order chi connectivity index (χ0) is 12.8. The Hall–Kier alpha value is -1.39. The van der Waals surface area contributed by atoms with E-state index in [9.17, 15) is 14.4 Å². The van der Waals surface area contributed by atoms with Crippen molar-refractivity contribution in [1.29, 1.82) is 0 Å². The highest BCUT2D eigenvalue weighted by Crippen LogP contribution is 2.49. The highest BCUT2D eigenvalue weighted by Gasteiger charge is 2.62. The third-order valence-electron chi connectivity index (χ3n) is 3.39. The number of amides is 4. The van der Waals surface area contributed by atoms with Crippen molar-refractivity contribution in [2.24, 2.45) is 10.8 Å². The van der Waals surface area contributed by atoms with Gasteiger partial charge in [-0.05, 0) is 24.7 Å². The zero-order valence-electron chi connectivity index (χ0n) is 10.5. The lowest BCUT2D eigenvalue weighted by Gasteiger charge is -2.32. The van der Waals surface area contributed by atoms with Crippen molar-refractivity contribution >= 4 is 17.8 Å². The van der Waals surface area contributed by atoms with Gasteiger partial charge in [-0.2, -0.15) is 0 Å². The van der Waals surface area contributed by atoms with Gasteiger partial charge in [0.25, 0.3) is 0 Å². The lowest BCUT2D eigenvalue weighted by Crippen LogP contribution is -2.59. The summed E-state index contributed by atoms with van der Waals surface area (Å²) in [5.74, 6) is -0.727. The third-order valence-corrected chi connectivity index (χ3v) is 3.39. The van der Waals surface area contributed by atoms with Crippen molar-refractivity contribution in [3.8, 4) is 0 Å². The molecule has 0 radical (unpaired) electrons. The van der Waals surface area contributed by atoms with Gasteiger partial charge in [0.2, 0.25) is 11.8 Å². The van der Waals surface area contributed by atoms with Crippen molar-refractivity contribution in [2.45, 2.75) is 40.0 Å². The van der Waals surface area contributed by atoms with Gasteiger partial charge in [0, 0.05) is 6.54 Å². The number of hydrogen-bond acceptors (Lipinski definition) is 3. The van der Waals surface area contributed by atoms with Crippen LogP contribution < -0.4 is 5.32 Å². The first kappa shape index (κ1) is 12.1. The Morgan fingerprint density at radius 2 is 1.82 bits per heavy atom. The molecule has 0 aromatic rings. The van der Waals surface area contributed by atoms with Crippen molar-refractivity contribution in [1.82, 2.24) is 10.2 Å². The Morgan fingerprint density at radius 3 is 2.29 bits per heavy atom. The highest BCUT2D eigenvalue weighted by atomic mass is 16.2. The van der Waals surface area contributed by atoms with E-state index in [4.69, 9.17) is 0 Å². The molecule has 4 amide bonds. The van der Waals surface area contributed by atoms with Gasteiger partial charge in [-0.15, -0.1) is 0 Å². The van der Waals surface area contributed by atoms with Crippen LogP contribution in [0.1, 0.15) is 40.0 Å². The van der Waals surface area contributed by atoms with E-state index >= 15 is 0 Å². The molecule has 1 saturated carbocycles. The van der Waals surface area contributed by atoms with E-state index in [1.807, 2.05) is 0 Å². The fourth-order valence-electron chi connectivity index (χ4n) is 1.95. The molecular formula is C12H18N2O3. The van der Waals surface area contributed by atoms with Gasteiger partial charge in [-0.25, -0.2) is 4.79 Å². The standard InChI is InChI=1S/C12H18N2O3/c1-11(2,3)6-7-14-9(16)12(4-5-12)8(15)13-10(14)17/h4-7H2,1-3H3,(H,13,15,17). The largest absolute Gasteiger partial charge is 0.330 e. The summed E-state index contributed by atoms with van der Waals surface area (Å²) in [5.41, 5.74) is -0.857. The smallest absolute Gasteiger partial charge is 0.277 e. The summed E-state index contributed by atoms with van der Waals surface area (Å²) in [6.45, 7) is 6.54. The van der Waals surface area contributed by atoms with Gasteiger partial charge in [-0.3, -0.25) is 19.8 Å². The SMILES string of the molecule is CC(C)(C)CCN1C(=O)NC(=O)C2(CC2)C1=O. The molecule has 2 fully saturated rings. The maximum atomic E-state index is 12.1. The second kappa shape index (κ2) is 3.55. The van der Waals surface area contributed by atoms with Crippen LogP contribution in [0.2, 0.25) is 0 Å². The molecule has 94 valence electrons. The summed E-state index contributed by atoms with van der Waals surface area (Å²) in [5, 5.41) is 2.28. The highest BCUT2D eigenvalue weighted by molar-refractivity contribution is 6.20. The van der Waals surface area contributed by atoms with Crippen molar-refractivity contribution in [3.63, 3.8) is 0 Å². The van der Waals surface area contributed by atoms with Crippen LogP contribution in [0.15, 0.2) is 0 Å². The molecule has 1 aliphatic carbocycles. The van der Waals surface area contributed by atoms with Gasteiger partial charge in [0.05, 0.1) is 0 Å². The van der Waals surface area contributed by atoms with Crippen LogP contribution in [0, 0.1) is 10.8 Å². The van der Waals surface area contributed by atoms with Crippen LogP contribution in [-0.4, -0.2) is 29.3 Å². The summed E-state index contributed by atoms with van der Waals surface area (Å²) in [7, 11) is 0. The van der Waals surface area contributed by atoms with Crippen LogP contribution in [0.4, 0.5) is 4.79 Å². The maximum absolute atomic E-state index is 12.1. The molecule has 1 heterocycles. The molecule has 17 heavy (non-hydrogen) atoms. The molecule has 0 bridgehead atoms. The second-order valence-corrected chi connectivity index (χ2v) is 6.11. The Bertz CT molecular complexity index is 391. The second-order valence-electron chi connectivity index (χ2n) is 6.11. The molecule has 5 nitrogen and oxygen atoms in total. The fourth-order valence-corrected chi connectivity index (χ4v) is 1.95. The van der Waals surface area contributed by atoms with Crippen LogP contribution >= 0.6 is 0 Å². The summed E-state index contributed by atoms with van der Waals surface area (Å²) in [6.07, 6.45) is 1.87. The van der Waals surface area contributed by atoms with E-state index in [1.54, 1.807) is 0 Å². The first-order valence-corrected chi connectivity index (χ1v) is 5.94. The minimum Gasteiger partial charge on any atom is -0.277 e. The maximum Gasteiger partial charge on any atom is 0.330 e. The van der Waals surface area contributed by atoms with Crippen molar-refractivity contribution in [3.05, 3.63) is 0 Å². The molecule has 1 spiro atoms. The number of hydrogen-bond donors (Lipinski definition) is 1. The molecule has 0 aromatic carbocycles. The van der Waals surface area contributed by atoms with Crippen molar-refractivity contribution in [2.75, 3.05) is 6.54 Å². The quantitative estimate of drug-likeness (QED) is 0.737. The molecule has 1 N–H and O–H groups in total. The molecule has 2 aliphatic rings. The predicted octanol–water partition coefficient (Wildman–Crippen LogP) is 1.28. The summed E-state index contributed by atoms with van der Waals surface area (Å²) in [6, 6.07) is -0.568. The van der Waals surface area contributed by atoms with E-state index in [0.717, 1.165) is 6.42 Å². The van der Waals surface area contributed by atoms with Gasteiger partial charge in [-0.1, -0.05) is 20.8 Å². The van der Waals surface area contributed by atoms with Crippen LogP contribution in [-0.2, 0) is 9.59 Å². The number of carbonyl (C=O) groups is 3. The minimum atomic E-state index is -0.911. The summed E-state index contributed by atoms with van der Waals surface area (Å²) < 4.78 is 0. The normalized spacial score (nSPS) is 23.0. The molecule has 0 unspecified atom stereocenters. The molecular weight excluding hydrogens is 220 g/mol. The van der Waals surface area contributed by atoms with Gasteiger partial charge < -0.3 is 0 Å². The molecule has 0 atom stereocenters. The Labute approximate surface area is 101 Å². The first-order chi connectivity index (χ1) is 7.76. The van der Waals surface area contributed by atoms with Gasteiger partial charge in [0.15, 0.2) is 0 Å². The van der Waals surface area contributed by atoms with E-state index in [-0.39, 0.29) is 11.3 Å². The summed E-state index contributed by atoms with van der Waals surface area (Å²) in [4.78, 5) is 36.5. The minimum absolute atomic E-state index is 0.0543. The lowest BCUT2D eigenvalue weighted by molar-refractivity contribution is -0.144. The van der Waals surface area contributed by atoms with Crippen molar-refractivity contribution < 1.29 is 14.4 Å². The number of nitrogens with one attached hydrogen (secondary N) is 1. The molecule has 5 heteroatoms. The Morgan fingerprint density at radius 1 is 1.24 bits per heavy atom. The number of urea groups is 1. The van der Waals surface area contributed by atoms with Crippen LogP contribution in [0.5, 0.6) is 0 Å². The monoisotopic (exact) mass is 238 g/mol. The number of carbonyl (C=O) groups excluding carboxylic acids is 3. The fraction of sp³-hybridized carbons (Fsp3) is 0.750. The number of imide groups is 2. The van der Waals surface area contributed by atoms with E-state index in [2.05, 4.69) is 26.1 Å². The number of barbiturate groups is 1. The number of nitrogens with zero attached hydrogens (tertiary/aromatic N) is 1. The zero-order valence-corrected chi connectivity index (χ0v) is 10.5. The van der Waals surface area contributed by atoms with Gasteiger partial charge >= 0.3 is 6.03 Å². The predicted molar refractivity (Wildman–Crippen MR) is 61.0 cm³/mol. The Kier molecular flexibility index (Phi) is 2.52. The topological polar surface area (TPSA) is 66.5 Å². The third kappa shape index (κ3) is 2.06. The lowest BCUT2D eigenvalue weighted by atomic mass is 9.91. The van der Waals surface area contributed by atoms with Crippen LogP contribution in [0.25, 0.3) is 0 Å². The molecule has 1 saturated heterocycles. The average molecular weight is 238 g/mol.